The first kappa shape index (κ1) is 13.1. The lowest BCUT2D eigenvalue weighted by Gasteiger charge is -2.34. The predicted molar refractivity (Wildman–Crippen MR) is 78.6 cm³/mol. The molecule has 0 aliphatic carbocycles. The fourth-order valence-corrected chi connectivity index (χ4v) is 3.41. The predicted octanol–water partition coefficient (Wildman–Crippen LogP) is 2.15. The second kappa shape index (κ2) is 6.04. The highest BCUT2D eigenvalue weighted by atomic mass is 15.4. The molecular weight excluding hydrogens is 234 g/mol. The molecule has 0 aromatic heterocycles. The zero-order valence-corrected chi connectivity index (χ0v) is 11.8. The van der Waals surface area contributed by atoms with Crippen LogP contribution >= 0.6 is 0 Å². The molecule has 2 atom stereocenters. The summed E-state index contributed by atoms with van der Waals surface area (Å²) in [6.07, 6.45) is 3.95. The molecule has 1 aromatic rings. The first-order valence-corrected chi connectivity index (χ1v) is 7.58. The van der Waals surface area contributed by atoms with Crippen molar-refractivity contribution in [3.63, 3.8) is 0 Å². The second-order valence-corrected chi connectivity index (χ2v) is 6.13. The van der Waals surface area contributed by atoms with Gasteiger partial charge in [0.2, 0.25) is 0 Å². The smallest absolute Gasteiger partial charge is 0.0257 e. The Morgan fingerprint density at radius 2 is 1.84 bits per heavy atom. The Bertz CT molecular complexity index is 384. The Labute approximate surface area is 116 Å². The van der Waals surface area contributed by atoms with Gasteiger partial charge in [0.25, 0.3) is 0 Å². The number of nitrogens with zero attached hydrogens (tertiary/aromatic N) is 1. The molecular formula is C16H25N3. The van der Waals surface area contributed by atoms with Gasteiger partial charge in [0.15, 0.2) is 0 Å². The molecule has 0 bridgehead atoms. The molecule has 2 N–H and O–H groups in total. The maximum Gasteiger partial charge on any atom is 0.0257 e. The van der Waals surface area contributed by atoms with Gasteiger partial charge in [-0.15, -0.1) is 0 Å². The molecule has 2 saturated heterocycles. The SMILES string of the molecule is CC1CC(C2CCN(Cc3ccccc3)CC2)NN1. The second-order valence-electron chi connectivity index (χ2n) is 6.13. The molecule has 0 saturated carbocycles. The van der Waals surface area contributed by atoms with Gasteiger partial charge in [0, 0.05) is 18.6 Å². The fourth-order valence-electron chi connectivity index (χ4n) is 3.41. The third kappa shape index (κ3) is 3.35. The Hall–Kier alpha value is -0.900. The van der Waals surface area contributed by atoms with Gasteiger partial charge in [-0.25, -0.2) is 0 Å². The van der Waals surface area contributed by atoms with Crippen molar-refractivity contribution < 1.29 is 0 Å². The van der Waals surface area contributed by atoms with Gasteiger partial charge < -0.3 is 0 Å². The topological polar surface area (TPSA) is 27.3 Å². The third-order valence-corrected chi connectivity index (χ3v) is 4.57. The molecule has 2 aliphatic rings. The summed E-state index contributed by atoms with van der Waals surface area (Å²) >= 11 is 0. The van der Waals surface area contributed by atoms with Crippen molar-refractivity contribution in [2.24, 2.45) is 5.92 Å². The minimum Gasteiger partial charge on any atom is -0.299 e. The first-order chi connectivity index (χ1) is 9.31. The van der Waals surface area contributed by atoms with Crippen LogP contribution in [0, 0.1) is 5.92 Å². The summed E-state index contributed by atoms with van der Waals surface area (Å²) in [5, 5.41) is 0. The van der Waals surface area contributed by atoms with Crippen LogP contribution in [0.3, 0.4) is 0 Å². The Kier molecular flexibility index (Phi) is 4.16. The van der Waals surface area contributed by atoms with E-state index in [0.717, 1.165) is 12.5 Å². The molecule has 3 rings (SSSR count). The summed E-state index contributed by atoms with van der Waals surface area (Å²) in [6.45, 7) is 5.86. The van der Waals surface area contributed by atoms with Crippen molar-refractivity contribution in [2.45, 2.75) is 44.8 Å². The van der Waals surface area contributed by atoms with E-state index in [1.165, 1.54) is 37.9 Å². The van der Waals surface area contributed by atoms with Gasteiger partial charge in [0.1, 0.15) is 0 Å². The molecule has 104 valence electrons. The fraction of sp³-hybridized carbons (Fsp3) is 0.625. The maximum atomic E-state index is 3.47. The molecule has 2 unspecified atom stereocenters. The van der Waals surface area contributed by atoms with Crippen LogP contribution in [-0.2, 0) is 6.54 Å². The minimum atomic E-state index is 0.632. The number of hydrogen-bond acceptors (Lipinski definition) is 3. The highest BCUT2D eigenvalue weighted by Crippen LogP contribution is 2.25. The van der Waals surface area contributed by atoms with Crippen molar-refractivity contribution >= 4 is 0 Å². The van der Waals surface area contributed by atoms with E-state index in [1.54, 1.807) is 0 Å². The number of piperidine rings is 1. The van der Waals surface area contributed by atoms with Crippen molar-refractivity contribution in [3.05, 3.63) is 35.9 Å². The average Bonchev–Trinajstić information content (AvgIpc) is 2.87. The molecule has 0 amide bonds. The zero-order valence-electron chi connectivity index (χ0n) is 11.8. The molecule has 0 spiro atoms. The zero-order chi connectivity index (χ0) is 13.1. The van der Waals surface area contributed by atoms with Crippen LogP contribution < -0.4 is 10.9 Å². The van der Waals surface area contributed by atoms with Gasteiger partial charge in [-0.2, -0.15) is 0 Å². The van der Waals surface area contributed by atoms with Crippen LogP contribution in [0.25, 0.3) is 0 Å². The summed E-state index contributed by atoms with van der Waals surface area (Å²) in [7, 11) is 0. The number of hydrazine groups is 1. The number of nitrogens with one attached hydrogen (secondary N) is 2. The van der Waals surface area contributed by atoms with E-state index in [-0.39, 0.29) is 0 Å². The molecule has 0 radical (unpaired) electrons. The summed E-state index contributed by atoms with van der Waals surface area (Å²) in [5.41, 5.74) is 8.27. The molecule has 2 aliphatic heterocycles. The number of rotatable bonds is 3. The number of benzene rings is 1. The van der Waals surface area contributed by atoms with Crippen molar-refractivity contribution in [3.8, 4) is 0 Å². The van der Waals surface area contributed by atoms with Crippen LogP contribution in [-0.4, -0.2) is 30.1 Å². The van der Waals surface area contributed by atoms with Gasteiger partial charge in [0.05, 0.1) is 0 Å². The van der Waals surface area contributed by atoms with Crippen LogP contribution in [0.15, 0.2) is 30.3 Å². The standard InChI is InChI=1S/C16H25N3/c1-13-11-16(18-17-13)15-7-9-19(10-8-15)12-14-5-3-2-4-6-14/h2-6,13,15-18H,7-12H2,1H3. The van der Waals surface area contributed by atoms with E-state index in [1.807, 2.05) is 0 Å². The van der Waals surface area contributed by atoms with E-state index in [0.29, 0.717) is 12.1 Å². The Morgan fingerprint density at radius 3 is 2.47 bits per heavy atom. The summed E-state index contributed by atoms with van der Waals surface area (Å²) in [4.78, 5) is 2.59. The van der Waals surface area contributed by atoms with Gasteiger partial charge >= 0.3 is 0 Å². The summed E-state index contributed by atoms with van der Waals surface area (Å²) < 4.78 is 0. The summed E-state index contributed by atoms with van der Waals surface area (Å²) in [5.74, 6) is 0.851. The van der Waals surface area contributed by atoms with Crippen LogP contribution in [0.5, 0.6) is 0 Å². The normalized spacial score (nSPS) is 29.7. The number of likely N-dealkylation sites (tertiary alicyclic amines) is 1. The van der Waals surface area contributed by atoms with Crippen molar-refractivity contribution in [1.82, 2.24) is 15.8 Å². The average molecular weight is 259 g/mol. The molecule has 19 heavy (non-hydrogen) atoms. The van der Waals surface area contributed by atoms with Gasteiger partial charge in [-0.05, 0) is 50.8 Å². The van der Waals surface area contributed by atoms with E-state index < -0.39 is 0 Å². The first-order valence-electron chi connectivity index (χ1n) is 7.58. The largest absolute Gasteiger partial charge is 0.299 e. The Morgan fingerprint density at radius 1 is 1.11 bits per heavy atom. The van der Waals surface area contributed by atoms with Gasteiger partial charge in [-0.1, -0.05) is 30.3 Å². The van der Waals surface area contributed by atoms with Crippen LogP contribution in [0.1, 0.15) is 31.7 Å². The quantitative estimate of drug-likeness (QED) is 0.871. The lowest BCUT2D eigenvalue weighted by Crippen LogP contribution is -2.42. The lowest BCUT2D eigenvalue weighted by molar-refractivity contribution is 0.155. The van der Waals surface area contributed by atoms with E-state index in [4.69, 9.17) is 0 Å². The lowest BCUT2D eigenvalue weighted by atomic mass is 9.87. The molecule has 2 heterocycles. The molecule has 2 fully saturated rings. The molecule has 1 aromatic carbocycles. The highest BCUT2D eigenvalue weighted by Gasteiger charge is 2.30. The monoisotopic (exact) mass is 259 g/mol. The third-order valence-electron chi connectivity index (χ3n) is 4.57. The maximum absolute atomic E-state index is 3.47. The highest BCUT2D eigenvalue weighted by molar-refractivity contribution is 5.14. The van der Waals surface area contributed by atoms with E-state index in [9.17, 15) is 0 Å². The number of hydrogen-bond donors (Lipinski definition) is 2. The van der Waals surface area contributed by atoms with Gasteiger partial charge in [-0.3, -0.25) is 15.8 Å². The van der Waals surface area contributed by atoms with E-state index in [2.05, 4.69) is 53.0 Å². The Balaban J connectivity index is 1.47. The van der Waals surface area contributed by atoms with Crippen LogP contribution in [0.4, 0.5) is 0 Å². The van der Waals surface area contributed by atoms with Crippen molar-refractivity contribution in [1.29, 1.82) is 0 Å². The minimum absolute atomic E-state index is 0.632. The summed E-state index contributed by atoms with van der Waals surface area (Å²) in [6, 6.07) is 12.2. The van der Waals surface area contributed by atoms with E-state index >= 15 is 0 Å². The van der Waals surface area contributed by atoms with Crippen LogP contribution in [0.2, 0.25) is 0 Å². The molecule has 3 nitrogen and oxygen atoms in total. The molecule has 3 heteroatoms. The van der Waals surface area contributed by atoms with Crippen molar-refractivity contribution in [2.75, 3.05) is 13.1 Å².